The minimum Gasteiger partial charge on any atom is -0.311 e. The zero-order chi connectivity index (χ0) is 22.0. The summed E-state index contributed by atoms with van der Waals surface area (Å²) in [4.78, 5) is 28.4. The number of nitro groups is 1. The molecule has 0 atom stereocenters. The predicted molar refractivity (Wildman–Crippen MR) is 119 cm³/mol. The summed E-state index contributed by atoms with van der Waals surface area (Å²) < 4.78 is 1.65. The van der Waals surface area contributed by atoms with Crippen molar-refractivity contribution >= 4 is 51.4 Å². The molecule has 2 aromatic carbocycles. The number of halogens is 1. The second-order valence-electron chi connectivity index (χ2n) is 6.27. The minimum absolute atomic E-state index is 0.150. The number of hydrogen-bond acceptors (Lipinski definition) is 8. The van der Waals surface area contributed by atoms with Crippen LogP contribution in [-0.2, 0) is 7.05 Å². The summed E-state index contributed by atoms with van der Waals surface area (Å²) in [6, 6.07) is 11.5. The summed E-state index contributed by atoms with van der Waals surface area (Å²) in [6.07, 6.45) is 1.50. The molecular formula is C19H13ClN6O3S2. The Morgan fingerprint density at radius 2 is 2.03 bits per heavy atom. The molecule has 1 N–H and O–H groups in total. The van der Waals surface area contributed by atoms with Crippen LogP contribution >= 0.6 is 34.7 Å². The van der Waals surface area contributed by atoms with Crippen LogP contribution in [0.15, 0.2) is 64.2 Å². The van der Waals surface area contributed by atoms with Crippen LogP contribution in [0.5, 0.6) is 0 Å². The molecule has 31 heavy (non-hydrogen) atoms. The van der Waals surface area contributed by atoms with Crippen LogP contribution in [0.1, 0.15) is 10.4 Å². The van der Waals surface area contributed by atoms with Gasteiger partial charge in [-0.1, -0.05) is 23.7 Å². The van der Waals surface area contributed by atoms with Gasteiger partial charge in [0, 0.05) is 34.6 Å². The highest BCUT2D eigenvalue weighted by Crippen LogP contribution is 2.34. The van der Waals surface area contributed by atoms with Crippen molar-refractivity contribution in [3.05, 3.63) is 74.9 Å². The lowest BCUT2D eigenvalue weighted by molar-refractivity contribution is -0.387. The second kappa shape index (κ2) is 8.84. The SMILES string of the molecule is Cn1cnnc1Sc1ccc(C(=O)Nc2nc(-c3ccc(Cl)cc3)cs2)cc1[N+](=O)[O-]. The number of aromatic nitrogens is 4. The van der Waals surface area contributed by atoms with Crippen molar-refractivity contribution in [2.75, 3.05) is 5.32 Å². The van der Waals surface area contributed by atoms with E-state index in [2.05, 4.69) is 20.5 Å². The van der Waals surface area contributed by atoms with Gasteiger partial charge in [0.15, 0.2) is 10.3 Å². The van der Waals surface area contributed by atoms with Gasteiger partial charge in [-0.25, -0.2) is 4.98 Å². The first-order valence-electron chi connectivity index (χ1n) is 8.74. The Morgan fingerprint density at radius 1 is 1.26 bits per heavy atom. The number of benzene rings is 2. The first kappa shape index (κ1) is 21.0. The van der Waals surface area contributed by atoms with E-state index in [9.17, 15) is 14.9 Å². The van der Waals surface area contributed by atoms with Gasteiger partial charge >= 0.3 is 0 Å². The normalized spacial score (nSPS) is 10.8. The van der Waals surface area contributed by atoms with Gasteiger partial charge in [-0.2, -0.15) is 0 Å². The Bertz CT molecular complexity index is 1270. The summed E-state index contributed by atoms with van der Waals surface area (Å²) >= 11 is 8.26. The molecule has 0 radical (unpaired) electrons. The van der Waals surface area contributed by atoms with E-state index in [0.29, 0.717) is 25.9 Å². The van der Waals surface area contributed by atoms with E-state index in [4.69, 9.17) is 11.6 Å². The maximum absolute atomic E-state index is 12.6. The van der Waals surface area contributed by atoms with Crippen LogP contribution in [0.2, 0.25) is 5.02 Å². The van der Waals surface area contributed by atoms with Gasteiger partial charge < -0.3 is 4.57 Å². The van der Waals surface area contributed by atoms with Crippen molar-refractivity contribution in [1.82, 2.24) is 19.7 Å². The molecule has 2 heterocycles. The maximum Gasteiger partial charge on any atom is 0.284 e. The third-order valence-electron chi connectivity index (χ3n) is 4.15. The van der Waals surface area contributed by atoms with Crippen LogP contribution in [0.4, 0.5) is 10.8 Å². The minimum atomic E-state index is -0.530. The summed E-state index contributed by atoms with van der Waals surface area (Å²) in [5.41, 5.74) is 1.51. The van der Waals surface area contributed by atoms with Crippen molar-refractivity contribution in [2.45, 2.75) is 10.1 Å². The molecule has 1 amide bonds. The Kier molecular flexibility index (Phi) is 5.98. The topological polar surface area (TPSA) is 116 Å². The third kappa shape index (κ3) is 4.74. The smallest absolute Gasteiger partial charge is 0.284 e. The van der Waals surface area contributed by atoms with Crippen LogP contribution in [0.3, 0.4) is 0 Å². The lowest BCUT2D eigenvalue weighted by atomic mass is 10.2. The fourth-order valence-electron chi connectivity index (χ4n) is 2.60. The van der Waals surface area contributed by atoms with E-state index >= 15 is 0 Å². The molecule has 4 rings (SSSR count). The Balaban J connectivity index is 1.53. The van der Waals surface area contributed by atoms with Gasteiger partial charge in [0.05, 0.1) is 15.5 Å². The molecular weight excluding hydrogens is 460 g/mol. The number of amides is 1. The standard InChI is InChI=1S/C19H13ClN6O3S2/c1-25-10-21-24-19(25)31-16-7-4-12(8-15(16)26(28)29)17(27)23-18-22-14(9-30-18)11-2-5-13(20)6-3-11/h2-10H,1H3,(H,22,23,27). The van der Waals surface area contributed by atoms with Gasteiger partial charge in [-0.3, -0.25) is 20.2 Å². The van der Waals surface area contributed by atoms with Crippen molar-refractivity contribution in [2.24, 2.45) is 7.05 Å². The van der Waals surface area contributed by atoms with Gasteiger partial charge in [0.25, 0.3) is 11.6 Å². The van der Waals surface area contributed by atoms with Crippen molar-refractivity contribution in [1.29, 1.82) is 0 Å². The van der Waals surface area contributed by atoms with Gasteiger partial charge in [-0.15, -0.1) is 21.5 Å². The van der Waals surface area contributed by atoms with E-state index in [0.717, 1.165) is 17.3 Å². The predicted octanol–water partition coefficient (Wildman–Crippen LogP) is 4.90. The number of nitrogens with one attached hydrogen (secondary N) is 1. The molecule has 4 aromatic rings. The van der Waals surface area contributed by atoms with Gasteiger partial charge in [-0.05, 0) is 36.0 Å². The monoisotopic (exact) mass is 472 g/mol. The van der Waals surface area contributed by atoms with Crippen molar-refractivity contribution < 1.29 is 9.72 Å². The van der Waals surface area contributed by atoms with E-state index in [-0.39, 0.29) is 11.3 Å². The molecule has 12 heteroatoms. The zero-order valence-corrected chi connectivity index (χ0v) is 18.2. The average molecular weight is 473 g/mol. The molecule has 9 nitrogen and oxygen atoms in total. The molecule has 156 valence electrons. The van der Waals surface area contributed by atoms with E-state index < -0.39 is 10.8 Å². The number of nitrogens with zero attached hydrogens (tertiary/aromatic N) is 5. The zero-order valence-electron chi connectivity index (χ0n) is 15.9. The molecule has 0 spiro atoms. The highest BCUT2D eigenvalue weighted by molar-refractivity contribution is 7.99. The molecule has 0 aliphatic carbocycles. The summed E-state index contributed by atoms with van der Waals surface area (Å²) in [6.45, 7) is 0. The fourth-order valence-corrected chi connectivity index (χ4v) is 4.30. The number of rotatable bonds is 6. The van der Waals surface area contributed by atoms with E-state index in [1.165, 1.54) is 35.9 Å². The average Bonchev–Trinajstić information content (AvgIpc) is 3.38. The third-order valence-corrected chi connectivity index (χ3v) is 6.28. The largest absolute Gasteiger partial charge is 0.311 e. The highest BCUT2D eigenvalue weighted by Gasteiger charge is 2.20. The number of thiazole rings is 1. The Hall–Kier alpha value is -3.28. The van der Waals surface area contributed by atoms with E-state index in [1.54, 1.807) is 23.7 Å². The number of aryl methyl sites for hydroxylation is 1. The maximum atomic E-state index is 12.6. The highest BCUT2D eigenvalue weighted by atomic mass is 35.5. The number of anilines is 1. The molecule has 0 aliphatic heterocycles. The quantitative estimate of drug-likeness (QED) is 0.313. The molecule has 0 fully saturated rings. The number of carbonyl (C=O) groups is 1. The summed E-state index contributed by atoms with van der Waals surface area (Å²) in [5.74, 6) is -0.490. The lowest BCUT2D eigenvalue weighted by Crippen LogP contribution is -2.12. The van der Waals surface area contributed by atoms with Gasteiger partial charge in [0.2, 0.25) is 0 Å². The first-order valence-corrected chi connectivity index (χ1v) is 10.8. The number of carbonyl (C=O) groups excluding carboxylic acids is 1. The first-order chi connectivity index (χ1) is 14.9. The van der Waals surface area contributed by atoms with Crippen LogP contribution < -0.4 is 5.32 Å². The fraction of sp³-hybridized carbons (Fsp3) is 0.0526. The number of hydrogen-bond donors (Lipinski definition) is 1. The Morgan fingerprint density at radius 3 is 2.71 bits per heavy atom. The molecule has 0 saturated carbocycles. The Labute approximate surface area is 189 Å². The van der Waals surface area contributed by atoms with Crippen molar-refractivity contribution in [3.63, 3.8) is 0 Å². The van der Waals surface area contributed by atoms with Crippen molar-refractivity contribution in [3.8, 4) is 11.3 Å². The van der Waals surface area contributed by atoms with E-state index in [1.807, 2.05) is 17.5 Å². The molecule has 0 aliphatic rings. The molecule has 0 bridgehead atoms. The summed E-state index contributed by atoms with van der Waals surface area (Å²) in [7, 11) is 1.74. The second-order valence-corrected chi connectivity index (χ2v) is 8.57. The van der Waals surface area contributed by atoms with Crippen LogP contribution in [-0.4, -0.2) is 30.6 Å². The molecule has 2 aromatic heterocycles. The van der Waals surface area contributed by atoms with Crippen LogP contribution in [0.25, 0.3) is 11.3 Å². The molecule has 0 saturated heterocycles. The van der Waals surface area contributed by atoms with Crippen LogP contribution in [0, 0.1) is 10.1 Å². The summed E-state index contributed by atoms with van der Waals surface area (Å²) in [5, 5.41) is 25.2. The van der Waals surface area contributed by atoms with Gasteiger partial charge in [0.1, 0.15) is 6.33 Å². The number of nitro benzene ring substituents is 1. The molecule has 0 unspecified atom stereocenters. The lowest BCUT2D eigenvalue weighted by Gasteiger charge is -2.05.